The Morgan fingerprint density at radius 2 is 1.95 bits per heavy atom. The first kappa shape index (κ1) is 14.3. The number of fused-ring (bicyclic) bond motifs is 1. The lowest BCUT2D eigenvalue weighted by Gasteiger charge is -2.18. The zero-order chi connectivity index (χ0) is 14.9. The summed E-state index contributed by atoms with van der Waals surface area (Å²) in [4.78, 5) is 26.7. The molecule has 0 aliphatic heterocycles. The lowest BCUT2D eigenvalue weighted by molar-refractivity contribution is -0.137. The number of carboxylic acid groups (broad SMARTS) is 1. The van der Waals surface area contributed by atoms with E-state index in [0.29, 0.717) is 11.0 Å². The topological polar surface area (TPSA) is 123 Å². The summed E-state index contributed by atoms with van der Waals surface area (Å²) in [5, 5.41) is 8.74. The second-order valence-corrected chi connectivity index (χ2v) is 6.05. The van der Waals surface area contributed by atoms with Gasteiger partial charge in [0.15, 0.2) is 0 Å². The summed E-state index contributed by atoms with van der Waals surface area (Å²) < 4.78 is 25.5. The standard InChI is InChI=1S/C11H13N3O5S/c1-2-14(6-10(15)16)20(18,19)7-3-4-8-9(5-7)13-11(17)12-8/h3-5H,2,6H2,1H3,(H,15,16)(H2,12,13,17). The zero-order valence-corrected chi connectivity index (χ0v) is 11.4. The minimum Gasteiger partial charge on any atom is -0.480 e. The zero-order valence-electron chi connectivity index (χ0n) is 10.6. The maximum absolute atomic E-state index is 12.3. The molecule has 0 atom stereocenters. The first-order valence-corrected chi connectivity index (χ1v) is 7.22. The SMILES string of the molecule is CCN(CC(=O)O)S(=O)(=O)c1ccc2[nH]c(=O)[nH]c2c1. The van der Waals surface area contributed by atoms with Crippen molar-refractivity contribution in [2.24, 2.45) is 0 Å². The van der Waals surface area contributed by atoms with Crippen molar-refractivity contribution in [2.45, 2.75) is 11.8 Å². The molecule has 0 spiro atoms. The number of carbonyl (C=O) groups is 1. The van der Waals surface area contributed by atoms with Crippen LogP contribution in [0.5, 0.6) is 0 Å². The third kappa shape index (κ3) is 2.58. The van der Waals surface area contributed by atoms with Crippen LogP contribution in [0.3, 0.4) is 0 Å². The molecule has 0 amide bonds. The molecular formula is C11H13N3O5S. The fourth-order valence-electron chi connectivity index (χ4n) is 1.84. The molecule has 20 heavy (non-hydrogen) atoms. The molecule has 1 aromatic carbocycles. The van der Waals surface area contributed by atoms with Crippen LogP contribution in [-0.4, -0.2) is 46.9 Å². The van der Waals surface area contributed by atoms with E-state index < -0.39 is 28.2 Å². The molecule has 0 bridgehead atoms. The normalized spacial score (nSPS) is 12.1. The van der Waals surface area contributed by atoms with Gasteiger partial charge in [-0.1, -0.05) is 6.92 Å². The van der Waals surface area contributed by atoms with E-state index in [2.05, 4.69) is 9.97 Å². The van der Waals surface area contributed by atoms with Crippen LogP contribution >= 0.6 is 0 Å². The van der Waals surface area contributed by atoms with Crippen molar-refractivity contribution in [1.82, 2.24) is 14.3 Å². The summed E-state index contributed by atoms with van der Waals surface area (Å²) in [7, 11) is -3.91. The van der Waals surface area contributed by atoms with Crippen LogP contribution in [0.25, 0.3) is 11.0 Å². The van der Waals surface area contributed by atoms with E-state index in [1.165, 1.54) is 18.2 Å². The Kier molecular flexibility index (Phi) is 3.64. The number of carboxylic acids is 1. The average Bonchev–Trinajstić information content (AvgIpc) is 2.74. The van der Waals surface area contributed by atoms with E-state index >= 15 is 0 Å². The van der Waals surface area contributed by atoms with Crippen molar-refractivity contribution < 1.29 is 18.3 Å². The maximum atomic E-state index is 12.3. The summed E-state index contributed by atoms with van der Waals surface area (Å²) in [5.41, 5.74) is 0.394. The summed E-state index contributed by atoms with van der Waals surface area (Å²) in [6, 6.07) is 4.08. The number of benzene rings is 1. The molecule has 108 valence electrons. The van der Waals surface area contributed by atoms with Gasteiger partial charge in [0, 0.05) is 6.54 Å². The molecule has 2 aromatic rings. The Labute approximate surface area is 114 Å². The van der Waals surface area contributed by atoms with Crippen LogP contribution < -0.4 is 5.69 Å². The first-order chi connectivity index (χ1) is 9.34. The summed E-state index contributed by atoms with van der Waals surface area (Å²) in [6.07, 6.45) is 0. The fraction of sp³-hybridized carbons (Fsp3) is 0.273. The Morgan fingerprint density at radius 3 is 2.55 bits per heavy atom. The maximum Gasteiger partial charge on any atom is 0.323 e. The van der Waals surface area contributed by atoms with E-state index in [1.807, 2.05) is 0 Å². The number of hydrogen-bond donors (Lipinski definition) is 3. The van der Waals surface area contributed by atoms with Crippen molar-refractivity contribution in [2.75, 3.05) is 13.1 Å². The predicted octanol–water partition coefficient (Wildman–Crippen LogP) is -0.0486. The highest BCUT2D eigenvalue weighted by molar-refractivity contribution is 7.89. The van der Waals surface area contributed by atoms with E-state index in [9.17, 15) is 18.0 Å². The van der Waals surface area contributed by atoms with E-state index in [0.717, 1.165) is 4.31 Å². The lowest BCUT2D eigenvalue weighted by atomic mass is 10.3. The number of aromatic nitrogens is 2. The van der Waals surface area contributed by atoms with E-state index in [1.54, 1.807) is 6.92 Å². The molecule has 9 heteroatoms. The molecule has 3 N–H and O–H groups in total. The molecule has 0 radical (unpaired) electrons. The van der Waals surface area contributed by atoms with Gasteiger partial charge in [-0.25, -0.2) is 13.2 Å². The molecule has 0 aliphatic carbocycles. The molecule has 0 aliphatic rings. The summed E-state index contributed by atoms with van der Waals surface area (Å²) >= 11 is 0. The molecule has 2 rings (SSSR count). The van der Waals surface area contributed by atoms with Gasteiger partial charge in [-0.3, -0.25) is 4.79 Å². The van der Waals surface area contributed by atoms with Gasteiger partial charge >= 0.3 is 11.7 Å². The van der Waals surface area contributed by atoms with Crippen molar-refractivity contribution in [3.63, 3.8) is 0 Å². The highest BCUT2D eigenvalue weighted by Gasteiger charge is 2.25. The number of aliphatic carboxylic acids is 1. The van der Waals surface area contributed by atoms with E-state index in [-0.39, 0.29) is 11.4 Å². The van der Waals surface area contributed by atoms with Crippen LogP contribution in [0, 0.1) is 0 Å². The molecule has 1 aromatic heterocycles. The number of nitrogens with zero attached hydrogens (tertiary/aromatic N) is 1. The van der Waals surface area contributed by atoms with Gasteiger partial charge in [-0.2, -0.15) is 4.31 Å². The average molecular weight is 299 g/mol. The van der Waals surface area contributed by atoms with Gasteiger partial charge in [-0.15, -0.1) is 0 Å². The van der Waals surface area contributed by atoms with Crippen LogP contribution in [-0.2, 0) is 14.8 Å². The van der Waals surface area contributed by atoms with Crippen molar-refractivity contribution in [3.05, 3.63) is 28.7 Å². The lowest BCUT2D eigenvalue weighted by Crippen LogP contribution is -2.35. The molecule has 0 saturated carbocycles. The minimum atomic E-state index is -3.91. The number of nitrogens with one attached hydrogen (secondary N) is 2. The molecule has 8 nitrogen and oxygen atoms in total. The van der Waals surface area contributed by atoms with Crippen LogP contribution in [0.15, 0.2) is 27.9 Å². The number of hydrogen-bond acceptors (Lipinski definition) is 4. The van der Waals surface area contributed by atoms with Gasteiger partial charge in [0.05, 0.1) is 15.9 Å². The Morgan fingerprint density at radius 1 is 1.30 bits per heavy atom. The Hall–Kier alpha value is -2.13. The smallest absolute Gasteiger partial charge is 0.323 e. The van der Waals surface area contributed by atoms with Gasteiger partial charge in [0.2, 0.25) is 10.0 Å². The van der Waals surface area contributed by atoms with E-state index in [4.69, 9.17) is 5.11 Å². The Bertz CT molecular complexity index is 805. The molecule has 0 unspecified atom stereocenters. The van der Waals surface area contributed by atoms with Crippen molar-refractivity contribution in [3.8, 4) is 0 Å². The van der Waals surface area contributed by atoms with Gasteiger partial charge in [-0.05, 0) is 18.2 Å². The Balaban J connectivity index is 2.49. The van der Waals surface area contributed by atoms with Crippen LogP contribution in [0.1, 0.15) is 6.92 Å². The van der Waals surface area contributed by atoms with Crippen molar-refractivity contribution >= 4 is 27.0 Å². The van der Waals surface area contributed by atoms with Crippen LogP contribution in [0.2, 0.25) is 0 Å². The molecule has 1 heterocycles. The van der Waals surface area contributed by atoms with Crippen molar-refractivity contribution in [1.29, 1.82) is 0 Å². The van der Waals surface area contributed by atoms with Gasteiger partial charge < -0.3 is 15.1 Å². The second-order valence-electron chi connectivity index (χ2n) is 4.11. The van der Waals surface area contributed by atoms with Gasteiger partial charge in [0.1, 0.15) is 6.54 Å². The summed E-state index contributed by atoms with van der Waals surface area (Å²) in [6.45, 7) is 0.980. The van der Waals surface area contributed by atoms with Gasteiger partial charge in [0.25, 0.3) is 0 Å². The number of likely N-dealkylation sites (N-methyl/N-ethyl adjacent to an activating group) is 1. The largest absolute Gasteiger partial charge is 0.480 e. The fourth-order valence-corrected chi connectivity index (χ4v) is 3.26. The monoisotopic (exact) mass is 299 g/mol. The highest BCUT2D eigenvalue weighted by Crippen LogP contribution is 2.19. The number of rotatable bonds is 5. The highest BCUT2D eigenvalue weighted by atomic mass is 32.2. The quantitative estimate of drug-likeness (QED) is 0.714. The second kappa shape index (κ2) is 5.10. The minimum absolute atomic E-state index is 0.0380. The number of H-pyrrole nitrogens is 2. The summed E-state index contributed by atoms with van der Waals surface area (Å²) in [5.74, 6) is -1.23. The number of imidazole rings is 1. The third-order valence-corrected chi connectivity index (χ3v) is 4.71. The first-order valence-electron chi connectivity index (χ1n) is 5.78. The van der Waals surface area contributed by atoms with Crippen LogP contribution in [0.4, 0.5) is 0 Å². The predicted molar refractivity (Wildman–Crippen MR) is 71.0 cm³/mol. The molecule has 0 saturated heterocycles. The number of sulfonamides is 1. The third-order valence-electron chi connectivity index (χ3n) is 2.79. The molecule has 0 fully saturated rings. The number of aromatic amines is 2. The molecular weight excluding hydrogens is 286 g/mol.